The van der Waals surface area contributed by atoms with Crippen molar-refractivity contribution in [3.05, 3.63) is 59.9 Å². The van der Waals surface area contributed by atoms with Crippen LogP contribution < -0.4 is 0 Å². The van der Waals surface area contributed by atoms with Crippen LogP contribution in [-0.4, -0.2) is 10.4 Å². The number of carbonyl (C=O) groups is 1. The standard InChI is InChI=1S/C19H17NO/c1-17(21)19-14-10-16-20(19)15-9-4-2-3-6-11-18-12-7-5-8-13-18/h5,7-8,10,12-14,16H,4,9,15H2,1H3. The summed E-state index contributed by atoms with van der Waals surface area (Å²) in [5.41, 5.74) is 1.73. The topological polar surface area (TPSA) is 22.0 Å². The lowest BCUT2D eigenvalue weighted by Crippen LogP contribution is -2.05. The molecule has 21 heavy (non-hydrogen) atoms. The van der Waals surface area contributed by atoms with Crippen molar-refractivity contribution in [1.82, 2.24) is 4.57 Å². The predicted molar refractivity (Wildman–Crippen MR) is 84.8 cm³/mol. The van der Waals surface area contributed by atoms with Gasteiger partial charge < -0.3 is 4.57 Å². The number of benzene rings is 1. The zero-order chi connectivity index (χ0) is 14.9. The van der Waals surface area contributed by atoms with E-state index in [-0.39, 0.29) is 5.78 Å². The maximum Gasteiger partial charge on any atom is 0.176 e. The third-order valence-corrected chi connectivity index (χ3v) is 3.02. The third kappa shape index (κ3) is 4.71. The van der Waals surface area contributed by atoms with Crippen molar-refractivity contribution in [3.8, 4) is 23.7 Å². The zero-order valence-electron chi connectivity index (χ0n) is 12.1. The maximum atomic E-state index is 11.4. The molecule has 0 unspecified atom stereocenters. The van der Waals surface area contributed by atoms with Crippen LogP contribution in [0, 0.1) is 23.7 Å². The van der Waals surface area contributed by atoms with Gasteiger partial charge in [-0.25, -0.2) is 0 Å². The lowest BCUT2D eigenvalue weighted by atomic mass is 10.2. The summed E-state index contributed by atoms with van der Waals surface area (Å²) in [6.45, 7) is 2.40. The Morgan fingerprint density at radius 1 is 1.10 bits per heavy atom. The van der Waals surface area contributed by atoms with Gasteiger partial charge in [0.05, 0.1) is 5.69 Å². The first-order chi connectivity index (χ1) is 10.3. The molecule has 2 aromatic rings. The molecule has 0 N–H and O–H groups in total. The van der Waals surface area contributed by atoms with E-state index >= 15 is 0 Å². The number of rotatable bonds is 4. The molecule has 0 aliphatic carbocycles. The Hall–Kier alpha value is -2.71. The maximum absolute atomic E-state index is 11.4. The number of hydrogen-bond donors (Lipinski definition) is 0. The number of nitrogens with zero attached hydrogens (tertiary/aromatic N) is 1. The van der Waals surface area contributed by atoms with E-state index in [9.17, 15) is 4.79 Å². The molecule has 0 fully saturated rings. The molecule has 1 aromatic carbocycles. The summed E-state index contributed by atoms with van der Waals surface area (Å²) >= 11 is 0. The van der Waals surface area contributed by atoms with E-state index < -0.39 is 0 Å². The number of aryl methyl sites for hydroxylation is 1. The quantitative estimate of drug-likeness (QED) is 0.475. The third-order valence-electron chi connectivity index (χ3n) is 3.02. The van der Waals surface area contributed by atoms with E-state index in [4.69, 9.17) is 0 Å². The molecular weight excluding hydrogens is 258 g/mol. The molecule has 104 valence electrons. The minimum absolute atomic E-state index is 0.0970. The van der Waals surface area contributed by atoms with Gasteiger partial charge in [0.15, 0.2) is 5.78 Å². The van der Waals surface area contributed by atoms with Crippen molar-refractivity contribution >= 4 is 5.78 Å². The van der Waals surface area contributed by atoms with Gasteiger partial charge in [0.25, 0.3) is 0 Å². The number of carbonyl (C=O) groups excluding carboxylic acids is 1. The molecule has 0 aliphatic heterocycles. The van der Waals surface area contributed by atoms with Crippen LogP contribution in [0.5, 0.6) is 0 Å². The van der Waals surface area contributed by atoms with E-state index in [2.05, 4.69) is 23.7 Å². The first-order valence-electron chi connectivity index (χ1n) is 6.97. The fourth-order valence-corrected chi connectivity index (χ4v) is 2.00. The van der Waals surface area contributed by atoms with Crippen LogP contribution in [0.4, 0.5) is 0 Å². The van der Waals surface area contributed by atoms with Gasteiger partial charge in [0.2, 0.25) is 0 Å². The fraction of sp³-hybridized carbons (Fsp3) is 0.211. The Morgan fingerprint density at radius 2 is 1.90 bits per heavy atom. The molecule has 0 aliphatic rings. The van der Waals surface area contributed by atoms with Gasteiger partial charge in [0.1, 0.15) is 0 Å². The van der Waals surface area contributed by atoms with Crippen LogP contribution in [0.2, 0.25) is 0 Å². The van der Waals surface area contributed by atoms with Crippen LogP contribution in [0.3, 0.4) is 0 Å². The van der Waals surface area contributed by atoms with Gasteiger partial charge in [-0.05, 0) is 42.5 Å². The van der Waals surface area contributed by atoms with Crippen molar-refractivity contribution in [2.75, 3.05) is 0 Å². The lowest BCUT2D eigenvalue weighted by Gasteiger charge is -2.04. The van der Waals surface area contributed by atoms with Crippen LogP contribution in [0.25, 0.3) is 0 Å². The van der Waals surface area contributed by atoms with Crippen LogP contribution in [0.15, 0.2) is 48.7 Å². The number of ketones is 1. The highest BCUT2D eigenvalue weighted by Gasteiger charge is 2.03. The molecule has 0 saturated heterocycles. The fourth-order valence-electron chi connectivity index (χ4n) is 2.00. The Bertz CT molecular complexity index is 717. The second-order valence-electron chi connectivity index (χ2n) is 4.66. The summed E-state index contributed by atoms with van der Waals surface area (Å²) in [6.07, 6.45) is 3.62. The summed E-state index contributed by atoms with van der Waals surface area (Å²) in [7, 11) is 0. The summed E-state index contributed by atoms with van der Waals surface area (Å²) in [6, 6.07) is 13.6. The Kier molecular flexibility index (Phi) is 5.44. The summed E-state index contributed by atoms with van der Waals surface area (Å²) in [5.74, 6) is 11.9. The minimum atomic E-state index is 0.0970. The highest BCUT2D eigenvalue weighted by atomic mass is 16.1. The van der Waals surface area contributed by atoms with E-state index in [0.29, 0.717) is 0 Å². The first kappa shape index (κ1) is 14.7. The molecule has 0 spiro atoms. The number of unbranched alkanes of at least 4 members (excludes halogenated alkanes) is 1. The van der Waals surface area contributed by atoms with Crippen molar-refractivity contribution < 1.29 is 4.79 Å². The SMILES string of the molecule is CC(=O)c1cccn1CCCC#CC#Cc1ccccc1. The summed E-state index contributed by atoms with van der Waals surface area (Å²) in [5, 5.41) is 0. The number of hydrogen-bond acceptors (Lipinski definition) is 1. The molecule has 0 atom stereocenters. The highest BCUT2D eigenvalue weighted by molar-refractivity contribution is 5.92. The van der Waals surface area contributed by atoms with Crippen LogP contribution in [-0.2, 0) is 6.54 Å². The highest BCUT2D eigenvalue weighted by Crippen LogP contribution is 2.05. The van der Waals surface area contributed by atoms with Gasteiger partial charge in [-0.15, -0.1) is 0 Å². The second-order valence-corrected chi connectivity index (χ2v) is 4.66. The molecule has 1 heterocycles. The van der Waals surface area contributed by atoms with Gasteiger partial charge in [0, 0.05) is 31.6 Å². The van der Waals surface area contributed by atoms with Gasteiger partial charge >= 0.3 is 0 Å². The van der Waals surface area contributed by atoms with Gasteiger partial charge in [-0.3, -0.25) is 4.79 Å². The molecule has 0 saturated carbocycles. The summed E-state index contributed by atoms with van der Waals surface area (Å²) in [4.78, 5) is 11.4. The molecule has 2 nitrogen and oxygen atoms in total. The number of Topliss-reactive ketones (excluding diaryl/α,β-unsaturated/α-hetero) is 1. The summed E-state index contributed by atoms with van der Waals surface area (Å²) < 4.78 is 1.97. The van der Waals surface area contributed by atoms with Crippen molar-refractivity contribution in [3.63, 3.8) is 0 Å². The van der Waals surface area contributed by atoms with Crippen LogP contribution >= 0.6 is 0 Å². The largest absolute Gasteiger partial charge is 0.345 e. The monoisotopic (exact) mass is 275 g/mol. The average molecular weight is 275 g/mol. The van der Waals surface area contributed by atoms with E-state index in [1.54, 1.807) is 6.92 Å². The Labute approximate surface area is 125 Å². The molecular formula is C19H17NO. The lowest BCUT2D eigenvalue weighted by molar-refractivity contribution is 0.100. The molecule has 0 radical (unpaired) electrons. The number of aromatic nitrogens is 1. The average Bonchev–Trinajstić information content (AvgIpc) is 2.96. The minimum Gasteiger partial charge on any atom is -0.345 e. The van der Waals surface area contributed by atoms with E-state index in [0.717, 1.165) is 30.6 Å². The molecule has 2 rings (SSSR count). The Morgan fingerprint density at radius 3 is 2.67 bits per heavy atom. The van der Waals surface area contributed by atoms with E-state index in [1.807, 2.05) is 53.2 Å². The molecule has 2 heteroatoms. The second kappa shape index (κ2) is 7.78. The van der Waals surface area contributed by atoms with Crippen molar-refractivity contribution in [2.24, 2.45) is 0 Å². The van der Waals surface area contributed by atoms with Crippen LogP contribution in [0.1, 0.15) is 35.8 Å². The first-order valence-corrected chi connectivity index (χ1v) is 6.97. The normalized spacial score (nSPS) is 9.19. The van der Waals surface area contributed by atoms with Crippen molar-refractivity contribution in [1.29, 1.82) is 0 Å². The van der Waals surface area contributed by atoms with E-state index in [1.165, 1.54) is 0 Å². The van der Waals surface area contributed by atoms with Gasteiger partial charge in [-0.1, -0.05) is 30.0 Å². The molecule has 0 bridgehead atoms. The Balaban J connectivity index is 1.78. The van der Waals surface area contributed by atoms with Crippen molar-refractivity contribution in [2.45, 2.75) is 26.3 Å². The molecule has 0 amide bonds. The van der Waals surface area contributed by atoms with Gasteiger partial charge in [-0.2, -0.15) is 0 Å². The predicted octanol–water partition coefficient (Wildman–Crippen LogP) is 3.53. The smallest absolute Gasteiger partial charge is 0.176 e. The molecule has 1 aromatic heterocycles. The zero-order valence-corrected chi connectivity index (χ0v) is 12.1.